The minimum atomic E-state index is -0.514. The molecule has 2 heterocycles. The van der Waals surface area contributed by atoms with E-state index in [2.05, 4.69) is 10.3 Å². The Morgan fingerprint density at radius 3 is 2.85 bits per heavy atom. The van der Waals surface area contributed by atoms with Crippen LogP contribution in [0.2, 0.25) is 0 Å². The van der Waals surface area contributed by atoms with Crippen LogP contribution >= 0.6 is 0 Å². The van der Waals surface area contributed by atoms with Gasteiger partial charge in [-0.3, -0.25) is 9.59 Å². The molecule has 26 heavy (non-hydrogen) atoms. The molecule has 0 saturated carbocycles. The number of rotatable bonds is 6. The second-order valence-corrected chi connectivity index (χ2v) is 5.83. The molecule has 0 saturated heterocycles. The molecule has 0 unspecified atom stereocenters. The van der Waals surface area contributed by atoms with Crippen LogP contribution in [0.25, 0.3) is 0 Å². The summed E-state index contributed by atoms with van der Waals surface area (Å²) in [5.74, 6) is 0.575. The fourth-order valence-corrected chi connectivity index (χ4v) is 2.35. The standard InChI is InChI=1S/C18H17N3O5/c1-11-5-13(12(2)22)3-4-18(11)26-9-14-7-21(20-19-14)8-15-6-16(23)17(24)10-25-15/h3-7,10,24H,8-9H2,1-2H3. The van der Waals surface area contributed by atoms with Gasteiger partial charge in [-0.2, -0.15) is 0 Å². The Hall–Kier alpha value is -3.42. The Morgan fingerprint density at radius 2 is 2.15 bits per heavy atom. The van der Waals surface area contributed by atoms with Gasteiger partial charge in [-0.05, 0) is 37.6 Å². The quantitative estimate of drug-likeness (QED) is 0.674. The third-order valence-electron chi connectivity index (χ3n) is 3.73. The number of hydrogen-bond donors (Lipinski definition) is 1. The molecule has 134 valence electrons. The highest BCUT2D eigenvalue weighted by molar-refractivity contribution is 5.94. The second-order valence-electron chi connectivity index (χ2n) is 5.83. The number of carbonyl (C=O) groups is 1. The monoisotopic (exact) mass is 355 g/mol. The largest absolute Gasteiger partial charge is 0.502 e. The van der Waals surface area contributed by atoms with Crippen molar-refractivity contribution in [2.75, 3.05) is 0 Å². The summed E-state index contributed by atoms with van der Waals surface area (Å²) in [4.78, 5) is 22.8. The molecule has 2 aromatic heterocycles. The van der Waals surface area contributed by atoms with Crippen molar-refractivity contribution in [2.24, 2.45) is 0 Å². The Bertz CT molecular complexity index is 1010. The number of aryl methyl sites for hydroxylation is 1. The zero-order valence-electron chi connectivity index (χ0n) is 14.3. The molecule has 8 heteroatoms. The topological polar surface area (TPSA) is 107 Å². The Morgan fingerprint density at radius 1 is 1.35 bits per heavy atom. The summed E-state index contributed by atoms with van der Waals surface area (Å²) in [6.07, 6.45) is 2.66. The number of nitrogens with zero attached hydrogens (tertiary/aromatic N) is 3. The number of ketones is 1. The Balaban J connectivity index is 1.64. The molecule has 0 aliphatic carbocycles. The van der Waals surface area contributed by atoms with Crippen molar-refractivity contribution in [1.29, 1.82) is 0 Å². The summed E-state index contributed by atoms with van der Waals surface area (Å²) in [6, 6.07) is 6.45. The summed E-state index contributed by atoms with van der Waals surface area (Å²) in [6.45, 7) is 3.80. The number of benzene rings is 1. The van der Waals surface area contributed by atoms with Crippen LogP contribution in [0.5, 0.6) is 11.5 Å². The molecule has 3 rings (SSSR count). The average molecular weight is 355 g/mol. The highest BCUT2D eigenvalue weighted by atomic mass is 16.5. The minimum Gasteiger partial charge on any atom is -0.502 e. The van der Waals surface area contributed by atoms with E-state index in [-0.39, 0.29) is 18.9 Å². The molecule has 8 nitrogen and oxygen atoms in total. The number of aromatic hydroxyl groups is 1. The highest BCUT2D eigenvalue weighted by Gasteiger charge is 2.08. The van der Waals surface area contributed by atoms with Gasteiger partial charge in [-0.1, -0.05) is 5.21 Å². The molecule has 0 spiro atoms. The van der Waals surface area contributed by atoms with Crippen molar-refractivity contribution in [3.05, 3.63) is 69.5 Å². The van der Waals surface area contributed by atoms with Gasteiger partial charge in [-0.15, -0.1) is 5.10 Å². The van der Waals surface area contributed by atoms with Crippen molar-refractivity contribution in [3.8, 4) is 11.5 Å². The summed E-state index contributed by atoms with van der Waals surface area (Å²) in [5, 5.41) is 17.1. The lowest BCUT2D eigenvalue weighted by atomic mass is 10.1. The van der Waals surface area contributed by atoms with E-state index in [0.29, 0.717) is 22.8 Å². The van der Waals surface area contributed by atoms with Gasteiger partial charge < -0.3 is 14.3 Å². The average Bonchev–Trinajstić information content (AvgIpc) is 3.04. The van der Waals surface area contributed by atoms with Crippen LogP contribution in [-0.2, 0) is 13.2 Å². The van der Waals surface area contributed by atoms with Gasteiger partial charge >= 0.3 is 0 Å². The molecule has 1 aromatic carbocycles. The normalized spacial score (nSPS) is 10.7. The molecule has 0 fully saturated rings. The van der Waals surface area contributed by atoms with E-state index >= 15 is 0 Å². The molecular weight excluding hydrogens is 338 g/mol. The first kappa shape index (κ1) is 17.4. The molecule has 0 aliphatic rings. The lowest BCUT2D eigenvalue weighted by molar-refractivity contribution is 0.101. The number of carbonyl (C=O) groups excluding carboxylic acids is 1. The number of aromatic nitrogens is 3. The van der Waals surface area contributed by atoms with Gasteiger partial charge in [0.1, 0.15) is 36.6 Å². The first-order chi connectivity index (χ1) is 12.4. The number of ether oxygens (including phenoxy) is 1. The van der Waals surface area contributed by atoms with Gasteiger partial charge in [0.25, 0.3) is 0 Å². The maximum Gasteiger partial charge on any atom is 0.226 e. The van der Waals surface area contributed by atoms with Crippen molar-refractivity contribution >= 4 is 5.78 Å². The van der Waals surface area contributed by atoms with Crippen molar-refractivity contribution in [3.63, 3.8) is 0 Å². The fraction of sp³-hybridized carbons (Fsp3) is 0.222. The SMILES string of the molecule is CC(=O)c1ccc(OCc2cn(Cc3cc(=O)c(O)co3)nn2)c(C)c1. The van der Waals surface area contributed by atoms with Crippen LogP contribution < -0.4 is 10.2 Å². The zero-order valence-corrected chi connectivity index (χ0v) is 14.3. The molecule has 3 aromatic rings. The number of hydrogen-bond acceptors (Lipinski definition) is 7. The maximum absolute atomic E-state index is 11.4. The second kappa shape index (κ2) is 7.22. The van der Waals surface area contributed by atoms with Crippen molar-refractivity contribution < 1.29 is 19.1 Å². The number of Topliss-reactive ketones (excluding diaryl/α,β-unsaturated/α-hetero) is 1. The van der Waals surface area contributed by atoms with Crippen LogP contribution in [0.15, 0.2) is 45.9 Å². The molecule has 0 aliphatic heterocycles. The first-order valence-electron chi connectivity index (χ1n) is 7.86. The fourth-order valence-electron chi connectivity index (χ4n) is 2.35. The van der Waals surface area contributed by atoms with Gasteiger partial charge in [0.05, 0.1) is 6.20 Å². The van der Waals surface area contributed by atoms with Crippen LogP contribution in [0, 0.1) is 6.92 Å². The van der Waals surface area contributed by atoms with Crippen LogP contribution in [0.1, 0.15) is 34.3 Å². The predicted octanol–water partition coefficient (Wildman–Crippen LogP) is 2.08. The van der Waals surface area contributed by atoms with E-state index in [1.165, 1.54) is 17.7 Å². The van der Waals surface area contributed by atoms with Gasteiger partial charge in [0.15, 0.2) is 11.5 Å². The smallest absolute Gasteiger partial charge is 0.226 e. The molecular formula is C18H17N3O5. The lowest BCUT2D eigenvalue weighted by Gasteiger charge is -2.08. The van der Waals surface area contributed by atoms with E-state index in [0.717, 1.165) is 11.8 Å². The Labute approximate surface area is 148 Å². The van der Waals surface area contributed by atoms with E-state index in [4.69, 9.17) is 9.15 Å². The van der Waals surface area contributed by atoms with E-state index in [1.807, 2.05) is 6.92 Å². The van der Waals surface area contributed by atoms with Crippen LogP contribution in [0.3, 0.4) is 0 Å². The van der Waals surface area contributed by atoms with Gasteiger partial charge in [0, 0.05) is 11.6 Å². The molecule has 0 atom stereocenters. The van der Waals surface area contributed by atoms with Crippen LogP contribution in [-0.4, -0.2) is 25.9 Å². The predicted molar refractivity (Wildman–Crippen MR) is 91.3 cm³/mol. The molecule has 0 bridgehead atoms. The lowest BCUT2D eigenvalue weighted by Crippen LogP contribution is -2.05. The summed E-state index contributed by atoms with van der Waals surface area (Å²) in [5.41, 5.74) is 1.58. The summed E-state index contributed by atoms with van der Waals surface area (Å²) in [7, 11) is 0. The first-order valence-corrected chi connectivity index (χ1v) is 7.86. The third-order valence-corrected chi connectivity index (χ3v) is 3.73. The van der Waals surface area contributed by atoms with Crippen LogP contribution in [0.4, 0.5) is 0 Å². The zero-order chi connectivity index (χ0) is 18.7. The Kier molecular flexibility index (Phi) is 4.83. The molecule has 1 N–H and O–H groups in total. The van der Waals surface area contributed by atoms with E-state index in [1.54, 1.807) is 24.4 Å². The van der Waals surface area contributed by atoms with Crippen molar-refractivity contribution in [1.82, 2.24) is 15.0 Å². The summed E-state index contributed by atoms with van der Waals surface area (Å²) < 4.78 is 12.4. The van der Waals surface area contributed by atoms with Gasteiger partial charge in [0.2, 0.25) is 5.43 Å². The maximum atomic E-state index is 11.4. The van der Waals surface area contributed by atoms with Crippen molar-refractivity contribution in [2.45, 2.75) is 27.0 Å². The minimum absolute atomic E-state index is 0.00322. The summed E-state index contributed by atoms with van der Waals surface area (Å²) >= 11 is 0. The molecule has 0 amide bonds. The van der Waals surface area contributed by atoms with E-state index < -0.39 is 11.2 Å². The highest BCUT2D eigenvalue weighted by Crippen LogP contribution is 2.20. The van der Waals surface area contributed by atoms with Gasteiger partial charge in [-0.25, -0.2) is 4.68 Å². The van der Waals surface area contributed by atoms with E-state index in [9.17, 15) is 14.7 Å². The third kappa shape index (κ3) is 3.97. The molecule has 0 radical (unpaired) electrons.